The van der Waals surface area contributed by atoms with E-state index in [0.717, 1.165) is 5.01 Å². The maximum atomic E-state index is 12.6. The lowest BCUT2D eigenvalue weighted by molar-refractivity contribution is -0.137. The number of thiazole rings is 1. The molecule has 0 spiro atoms. The molecule has 7 heteroatoms. The SMILES string of the molecule is CC(C)N1CC(C(=O)N(CCO)Cc2nccs2)CC1=O. The standard InChI is InChI=1S/C14H21N3O3S/c1-10(2)17-8-11(7-13(17)19)14(20)16(4-5-18)9-12-15-3-6-21-12/h3,6,10-11,18H,4-5,7-9H2,1-2H3. The van der Waals surface area contributed by atoms with Gasteiger partial charge in [-0.05, 0) is 13.8 Å². The van der Waals surface area contributed by atoms with Crippen molar-refractivity contribution in [2.75, 3.05) is 19.7 Å². The predicted octanol–water partition coefficient (Wildman–Crippen LogP) is 0.721. The first kappa shape index (κ1) is 15.9. The van der Waals surface area contributed by atoms with Crippen molar-refractivity contribution in [2.24, 2.45) is 5.92 Å². The predicted molar refractivity (Wildman–Crippen MR) is 79.6 cm³/mol. The first-order valence-corrected chi connectivity index (χ1v) is 7.98. The Hall–Kier alpha value is -1.47. The third-order valence-electron chi connectivity index (χ3n) is 3.62. The van der Waals surface area contributed by atoms with Gasteiger partial charge in [-0.2, -0.15) is 0 Å². The van der Waals surface area contributed by atoms with Crippen molar-refractivity contribution in [3.63, 3.8) is 0 Å². The smallest absolute Gasteiger partial charge is 0.228 e. The summed E-state index contributed by atoms with van der Waals surface area (Å²) in [5.41, 5.74) is 0. The van der Waals surface area contributed by atoms with E-state index in [1.165, 1.54) is 11.3 Å². The molecule has 1 aliphatic rings. The highest BCUT2D eigenvalue weighted by Gasteiger charge is 2.37. The van der Waals surface area contributed by atoms with Gasteiger partial charge in [0.2, 0.25) is 11.8 Å². The van der Waals surface area contributed by atoms with Gasteiger partial charge in [-0.15, -0.1) is 11.3 Å². The molecule has 2 rings (SSSR count). The molecule has 6 nitrogen and oxygen atoms in total. The summed E-state index contributed by atoms with van der Waals surface area (Å²) in [5, 5.41) is 11.9. The van der Waals surface area contributed by atoms with E-state index in [9.17, 15) is 9.59 Å². The Kier molecular flexibility index (Phi) is 5.30. The molecule has 1 saturated heterocycles. The minimum atomic E-state index is -0.314. The highest BCUT2D eigenvalue weighted by molar-refractivity contribution is 7.09. The second-order valence-electron chi connectivity index (χ2n) is 5.45. The Morgan fingerprint density at radius 1 is 1.62 bits per heavy atom. The number of hydrogen-bond acceptors (Lipinski definition) is 5. The lowest BCUT2D eigenvalue weighted by atomic mass is 10.1. The maximum Gasteiger partial charge on any atom is 0.228 e. The van der Waals surface area contributed by atoms with Crippen LogP contribution in [0.4, 0.5) is 0 Å². The lowest BCUT2D eigenvalue weighted by Gasteiger charge is -2.25. The molecule has 1 fully saturated rings. The lowest BCUT2D eigenvalue weighted by Crippen LogP contribution is -2.39. The van der Waals surface area contributed by atoms with Crippen LogP contribution in [-0.2, 0) is 16.1 Å². The fraction of sp³-hybridized carbons (Fsp3) is 0.643. The Balaban J connectivity index is 2.03. The summed E-state index contributed by atoms with van der Waals surface area (Å²) in [4.78, 5) is 32.0. The van der Waals surface area contributed by atoms with Gasteiger partial charge in [0.1, 0.15) is 5.01 Å². The van der Waals surface area contributed by atoms with Crippen LogP contribution in [0.5, 0.6) is 0 Å². The number of aliphatic hydroxyl groups excluding tert-OH is 1. The topological polar surface area (TPSA) is 73.7 Å². The van der Waals surface area contributed by atoms with Gasteiger partial charge in [0.25, 0.3) is 0 Å². The van der Waals surface area contributed by atoms with Crippen molar-refractivity contribution in [3.05, 3.63) is 16.6 Å². The van der Waals surface area contributed by atoms with Crippen molar-refractivity contribution >= 4 is 23.2 Å². The third kappa shape index (κ3) is 3.79. The molecule has 1 aromatic rings. The van der Waals surface area contributed by atoms with Crippen molar-refractivity contribution in [1.82, 2.24) is 14.8 Å². The Labute approximate surface area is 128 Å². The number of amides is 2. The molecular weight excluding hydrogens is 290 g/mol. The molecule has 2 amide bonds. The quantitative estimate of drug-likeness (QED) is 0.840. The fourth-order valence-corrected chi connectivity index (χ4v) is 3.17. The Morgan fingerprint density at radius 3 is 2.90 bits per heavy atom. The average Bonchev–Trinajstić information content (AvgIpc) is 3.06. The van der Waals surface area contributed by atoms with Gasteiger partial charge < -0.3 is 14.9 Å². The van der Waals surface area contributed by atoms with E-state index in [4.69, 9.17) is 5.11 Å². The van der Waals surface area contributed by atoms with Crippen molar-refractivity contribution < 1.29 is 14.7 Å². The number of rotatable bonds is 6. The Morgan fingerprint density at radius 2 is 2.38 bits per heavy atom. The summed E-state index contributed by atoms with van der Waals surface area (Å²) in [6.07, 6.45) is 1.96. The number of carbonyl (C=O) groups is 2. The van der Waals surface area contributed by atoms with E-state index < -0.39 is 0 Å². The zero-order valence-electron chi connectivity index (χ0n) is 12.4. The van der Waals surface area contributed by atoms with Gasteiger partial charge in [-0.25, -0.2) is 4.98 Å². The molecule has 0 aliphatic carbocycles. The van der Waals surface area contributed by atoms with Crippen LogP contribution in [0.1, 0.15) is 25.3 Å². The van der Waals surface area contributed by atoms with Crippen LogP contribution < -0.4 is 0 Å². The molecule has 21 heavy (non-hydrogen) atoms. The fourth-order valence-electron chi connectivity index (χ4n) is 2.54. The van der Waals surface area contributed by atoms with E-state index in [0.29, 0.717) is 13.1 Å². The number of aromatic nitrogens is 1. The summed E-state index contributed by atoms with van der Waals surface area (Å²) in [5.74, 6) is -0.358. The van der Waals surface area contributed by atoms with Crippen LogP contribution in [0, 0.1) is 5.92 Å². The highest BCUT2D eigenvalue weighted by atomic mass is 32.1. The van der Waals surface area contributed by atoms with Crippen LogP contribution in [0.2, 0.25) is 0 Å². The van der Waals surface area contributed by atoms with E-state index in [-0.39, 0.29) is 43.3 Å². The summed E-state index contributed by atoms with van der Waals surface area (Å²) in [6.45, 7) is 4.94. The molecule has 0 aromatic carbocycles. The first-order chi connectivity index (χ1) is 10.0. The van der Waals surface area contributed by atoms with Crippen molar-refractivity contribution in [1.29, 1.82) is 0 Å². The summed E-state index contributed by atoms with van der Waals surface area (Å²) in [6, 6.07) is 0.112. The molecule has 0 saturated carbocycles. The van der Waals surface area contributed by atoms with Gasteiger partial charge >= 0.3 is 0 Å². The summed E-state index contributed by atoms with van der Waals surface area (Å²) in [7, 11) is 0. The van der Waals surface area contributed by atoms with Gasteiger partial charge in [-0.3, -0.25) is 9.59 Å². The van der Waals surface area contributed by atoms with E-state index in [2.05, 4.69) is 4.98 Å². The van der Waals surface area contributed by atoms with Crippen LogP contribution in [0.15, 0.2) is 11.6 Å². The second kappa shape index (κ2) is 7.00. The largest absolute Gasteiger partial charge is 0.395 e. The van der Waals surface area contributed by atoms with E-state index >= 15 is 0 Å². The molecule has 2 heterocycles. The maximum absolute atomic E-state index is 12.6. The molecule has 1 N–H and O–H groups in total. The van der Waals surface area contributed by atoms with Crippen LogP contribution in [0.25, 0.3) is 0 Å². The first-order valence-electron chi connectivity index (χ1n) is 7.10. The molecule has 1 unspecified atom stereocenters. The minimum absolute atomic E-state index is 0.0292. The average molecular weight is 311 g/mol. The zero-order valence-corrected chi connectivity index (χ0v) is 13.2. The molecule has 0 bridgehead atoms. The molecule has 1 aromatic heterocycles. The second-order valence-corrected chi connectivity index (χ2v) is 6.43. The molecular formula is C14H21N3O3S. The van der Waals surface area contributed by atoms with Gasteiger partial charge in [0, 0.05) is 37.1 Å². The van der Waals surface area contributed by atoms with E-state index in [1.807, 2.05) is 19.2 Å². The van der Waals surface area contributed by atoms with Crippen LogP contribution >= 0.6 is 11.3 Å². The molecule has 0 radical (unpaired) electrons. The van der Waals surface area contributed by atoms with Gasteiger partial charge in [0.15, 0.2) is 0 Å². The van der Waals surface area contributed by atoms with Gasteiger partial charge in [0.05, 0.1) is 19.1 Å². The minimum Gasteiger partial charge on any atom is -0.395 e. The summed E-state index contributed by atoms with van der Waals surface area (Å²) >= 11 is 1.48. The van der Waals surface area contributed by atoms with Crippen molar-refractivity contribution in [2.45, 2.75) is 32.9 Å². The monoisotopic (exact) mass is 311 g/mol. The molecule has 1 aliphatic heterocycles. The van der Waals surface area contributed by atoms with Gasteiger partial charge in [-0.1, -0.05) is 0 Å². The van der Waals surface area contributed by atoms with Crippen LogP contribution in [-0.4, -0.2) is 57.4 Å². The number of nitrogens with zero attached hydrogens (tertiary/aromatic N) is 3. The third-order valence-corrected chi connectivity index (χ3v) is 4.39. The van der Waals surface area contributed by atoms with Crippen LogP contribution in [0.3, 0.4) is 0 Å². The Bertz CT molecular complexity index is 490. The number of hydrogen-bond donors (Lipinski definition) is 1. The normalized spacial score (nSPS) is 18.6. The van der Waals surface area contributed by atoms with Crippen molar-refractivity contribution in [3.8, 4) is 0 Å². The number of carbonyl (C=O) groups excluding carboxylic acids is 2. The molecule has 1 atom stereocenters. The molecule has 116 valence electrons. The van der Waals surface area contributed by atoms with E-state index in [1.54, 1.807) is 16.0 Å². The number of aliphatic hydroxyl groups is 1. The summed E-state index contributed by atoms with van der Waals surface area (Å²) < 4.78 is 0. The zero-order chi connectivity index (χ0) is 15.4. The highest BCUT2D eigenvalue weighted by Crippen LogP contribution is 2.23. The number of likely N-dealkylation sites (tertiary alicyclic amines) is 1.